The third kappa shape index (κ3) is 5.56. The number of rotatable bonds is 5. The number of amides is 2. The van der Waals surface area contributed by atoms with Gasteiger partial charge in [-0.1, -0.05) is 18.2 Å². The number of halogens is 1. The van der Waals surface area contributed by atoms with Crippen LogP contribution in [0.15, 0.2) is 41.8 Å². The highest BCUT2D eigenvalue weighted by Crippen LogP contribution is 2.17. The minimum absolute atomic E-state index is 0. The van der Waals surface area contributed by atoms with Gasteiger partial charge in [0.05, 0.1) is 4.88 Å². The Kier molecular flexibility index (Phi) is 7.63. The number of benzene rings is 1. The van der Waals surface area contributed by atoms with Gasteiger partial charge in [-0.25, -0.2) is 0 Å². The zero-order valence-electron chi connectivity index (χ0n) is 14.4. The highest BCUT2D eigenvalue weighted by molar-refractivity contribution is 7.12. The van der Waals surface area contributed by atoms with Crippen molar-refractivity contribution in [2.24, 2.45) is 5.73 Å². The van der Waals surface area contributed by atoms with E-state index in [1.54, 1.807) is 18.2 Å². The molecule has 1 aromatic carbocycles. The molecule has 2 amide bonds. The van der Waals surface area contributed by atoms with Gasteiger partial charge in [-0.15, -0.1) is 23.7 Å². The van der Waals surface area contributed by atoms with Gasteiger partial charge >= 0.3 is 0 Å². The largest absolute Gasteiger partial charge is 0.349 e. The smallest absolute Gasteiger partial charge is 0.261 e. The number of nitrogens with two attached hydrogens (primary N) is 1. The maximum absolute atomic E-state index is 12.3. The highest BCUT2D eigenvalue weighted by atomic mass is 35.5. The van der Waals surface area contributed by atoms with Crippen LogP contribution >= 0.6 is 23.7 Å². The van der Waals surface area contributed by atoms with E-state index in [0.29, 0.717) is 17.0 Å². The average molecular weight is 394 g/mol. The van der Waals surface area contributed by atoms with Crippen LogP contribution in [0.5, 0.6) is 0 Å². The first-order chi connectivity index (χ1) is 12.1. The minimum Gasteiger partial charge on any atom is -0.349 e. The van der Waals surface area contributed by atoms with Crippen LogP contribution in [-0.2, 0) is 6.54 Å². The second-order valence-electron chi connectivity index (χ2n) is 6.44. The highest BCUT2D eigenvalue weighted by Gasteiger charge is 2.20. The van der Waals surface area contributed by atoms with Crippen LogP contribution in [0.1, 0.15) is 51.3 Å². The number of hydrogen-bond donors (Lipinski definition) is 3. The van der Waals surface area contributed by atoms with Crippen molar-refractivity contribution in [1.29, 1.82) is 0 Å². The van der Waals surface area contributed by atoms with Crippen molar-refractivity contribution in [3.05, 3.63) is 57.8 Å². The van der Waals surface area contributed by atoms with E-state index < -0.39 is 0 Å². The number of nitrogens with one attached hydrogen (secondary N) is 2. The first-order valence-electron chi connectivity index (χ1n) is 8.59. The fourth-order valence-corrected chi connectivity index (χ4v) is 3.62. The van der Waals surface area contributed by atoms with Gasteiger partial charge in [-0.2, -0.15) is 0 Å². The zero-order valence-corrected chi connectivity index (χ0v) is 16.1. The van der Waals surface area contributed by atoms with E-state index in [1.165, 1.54) is 11.3 Å². The second-order valence-corrected chi connectivity index (χ2v) is 7.39. The Morgan fingerprint density at radius 2 is 1.73 bits per heavy atom. The fraction of sp³-hybridized carbons (Fsp3) is 0.368. The first-order valence-corrected chi connectivity index (χ1v) is 9.47. The Morgan fingerprint density at radius 3 is 2.35 bits per heavy atom. The summed E-state index contributed by atoms with van der Waals surface area (Å²) in [6.07, 6.45) is 3.82. The number of carbonyl (C=O) groups excluding carboxylic acids is 2. The molecule has 1 saturated carbocycles. The van der Waals surface area contributed by atoms with E-state index in [9.17, 15) is 9.59 Å². The molecule has 1 fully saturated rings. The Balaban J connectivity index is 0.00000243. The van der Waals surface area contributed by atoms with Gasteiger partial charge in [0.25, 0.3) is 11.8 Å². The van der Waals surface area contributed by atoms with Crippen LogP contribution < -0.4 is 16.4 Å². The predicted molar refractivity (Wildman–Crippen MR) is 107 cm³/mol. The Morgan fingerprint density at radius 1 is 1.04 bits per heavy atom. The van der Waals surface area contributed by atoms with Crippen LogP contribution in [0.4, 0.5) is 0 Å². The van der Waals surface area contributed by atoms with Crippen molar-refractivity contribution in [2.45, 2.75) is 44.3 Å². The molecule has 2 aromatic rings. The summed E-state index contributed by atoms with van der Waals surface area (Å²) in [4.78, 5) is 24.9. The lowest BCUT2D eigenvalue weighted by Crippen LogP contribution is -2.40. The van der Waals surface area contributed by atoms with E-state index in [0.717, 1.165) is 31.2 Å². The summed E-state index contributed by atoms with van der Waals surface area (Å²) in [6.45, 7) is 0.444. The summed E-state index contributed by atoms with van der Waals surface area (Å²) in [7, 11) is 0. The van der Waals surface area contributed by atoms with Crippen LogP contribution in [0.2, 0.25) is 0 Å². The van der Waals surface area contributed by atoms with Gasteiger partial charge in [0.15, 0.2) is 0 Å². The predicted octanol–water partition coefficient (Wildman–Crippen LogP) is 3.10. The summed E-state index contributed by atoms with van der Waals surface area (Å²) in [5, 5.41) is 7.84. The molecule has 26 heavy (non-hydrogen) atoms. The number of hydrogen-bond acceptors (Lipinski definition) is 4. The molecule has 1 aliphatic rings. The average Bonchev–Trinajstić information content (AvgIpc) is 3.17. The summed E-state index contributed by atoms with van der Waals surface area (Å²) in [5.41, 5.74) is 7.50. The lowest BCUT2D eigenvalue weighted by molar-refractivity contribution is 0.0923. The quantitative estimate of drug-likeness (QED) is 0.729. The van der Waals surface area contributed by atoms with Crippen LogP contribution in [0.3, 0.4) is 0 Å². The Bertz CT molecular complexity index is 711. The normalized spacial score (nSPS) is 19.3. The topological polar surface area (TPSA) is 84.2 Å². The van der Waals surface area contributed by atoms with Gasteiger partial charge < -0.3 is 16.4 Å². The molecule has 0 spiro atoms. The SMILES string of the molecule is Cl.NC1CCC(NC(=O)c2ccc(CNC(=O)c3cccs3)cc2)CC1. The van der Waals surface area contributed by atoms with E-state index in [4.69, 9.17) is 5.73 Å². The molecule has 0 atom stereocenters. The molecule has 4 N–H and O–H groups in total. The fourth-order valence-electron chi connectivity index (χ4n) is 2.98. The Hall–Kier alpha value is -1.89. The monoisotopic (exact) mass is 393 g/mol. The summed E-state index contributed by atoms with van der Waals surface area (Å²) in [5.74, 6) is -0.123. The molecule has 1 heterocycles. The molecule has 3 rings (SSSR count). The van der Waals surface area contributed by atoms with E-state index in [-0.39, 0.29) is 36.3 Å². The molecule has 5 nitrogen and oxygen atoms in total. The summed E-state index contributed by atoms with van der Waals surface area (Å²) in [6, 6.07) is 11.5. The van der Waals surface area contributed by atoms with Gasteiger partial charge in [-0.05, 0) is 54.8 Å². The maximum atomic E-state index is 12.3. The molecular formula is C19H24ClN3O2S. The summed E-state index contributed by atoms with van der Waals surface area (Å²) >= 11 is 1.42. The van der Waals surface area contributed by atoms with Gasteiger partial charge in [0, 0.05) is 24.2 Å². The summed E-state index contributed by atoms with van der Waals surface area (Å²) < 4.78 is 0. The number of thiophene rings is 1. The molecule has 0 unspecified atom stereocenters. The molecule has 0 aliphatic heterocycles. The molecule has 140 valence electrons. The molecule has 1 aliphatic carbocycles. The van der Waals surface area contributed by atoms with E-state index in [2.05, 4.69) is 10.6 Å². The maximum Gasteiger partial charge on any atom is 0.261 e. The van der Waals surface area contributed by atoms with Crippen molar-refractivity contribution >= 4 is 35.6 Å². The third-order valence-corrected chi connectivity index (χ3v) is 5.39. The molecule has 7 heteroatoms. The van der Waals surface area contributed by atoms with E-state index in [1.807, 2.05) is 23.6 Å². The van der Waals surface area contributed by atoms with Crippen molar-refractivity contribution < 1.29 is 9.59 Å². The number of carbonyl (C=O) groups is 2. The standard InChI is InChI=1S/C19H23N3O2S.ClH/c20-15-7-9-16(10-8-15)22-18(23)14-5-3-13(4-6-14)12-21-19(24)17-2-1-11-25-17;/h1-6,11,15-16H,7-10,12,20H2,(H,21,24)(H,22,23);1H. The van der Waals surface area contributed by atoms with Crippen molar-refractivity contribution in [2.75, 3.05) is 0 Å². The molecule has 0 radical (unpaired) electrons. The van der Waals surface area contributed by atoms with Crippen molar-refractivity contribution in [1.82, 2.24) is 10.6 Å². The van der Waals surface area contributed by atoms with Gasteiger partial charge in [0.1, 0.15) is 0 Å². The molecular weight excluding hydrogens is 370 g/mol. The van der Waals surface area contributed by atoms with Crippen LogP contribution in [-0.4, -0.2) is 23.9 Å². The van der Waals surface area contributed by atoms with Gasteiger partial charge in [-0.3, -0.25) is 9.59 Å². The molecule has 0 saturated heterocycles. The molecule has 1 aromatic heterocycles. The minimum atomic E-state index is -0.0765. The van der Waals surface area contributed by atoms with E-state index >= 15 is 0 Å². The third-order valence-electron chi connectivity index (χ3n) is 4.52. The Labute approximate surface area is 163 Å². The second kappa shape index (κ2) is 9.71. The lowest BCUT2D eigenvalue weighted by atomic mass is 9.91. The first kappa shape index (κ1) is 20.4. The molecule has 0 bridgehead atoms. The van der Waals surface area contributed by atoms with Crippen molar-refractivity contribution in [3.63, 3.8) is 0 Å². The van der Waals surface area contributed by atoms with Crippen LogP contribution in [0.25, 0.3) is 0 Å². The van der Waals surface area contributed by atoms with Gasteiger partial charge in [0.2, 0.25) is 0 Å². The zero-order chi connectivity index (χ0) is 17.6. The lowest BCUT2D eigenvalue weighted by Gasteiger charge is -2.26. The van der Waals surface area contributed by atoms with Crippen LogP contribution in [0, 0.1) is 0 Å². The van der Waals surface area contributed by atoms with Crippen molar-refractivity contribution in [3.8, 4) is 0 Å².